The summed E-state index contributed by atoms with van der Waals surface area (Å²) < 4.78 is 31.1. The van der Waals surface area contributed by atoms with Gasteiger partial charge in [0, 0.05) is 6.54 Å². The Kier molecular flexibility index (Phi) is 7.79. The van der Waals surface area contributed by atoms with Gasteiger partial charge in [0.2, 0.25) is 0 Å². The van der Waals surface area contributed by atoms with Crippen LogP contribution in [0.15, 0.2) is 36.9 Å². The third-order valence-electron chi connectivity index (χ3n) is 4.44. The van der Waals surface area contributed by atoms with Gasteiger partial charge in [-0.3, -0.25) is 4.57 Å². The lowest BCUT2D eigenvalue weighted by Crippen LogP contribution is -2.03. The van der Waals surface area contributed by atoms with Gasteiger partial charge < -0.3 is 24.1 Å². The summed E-state index contributed by atoms with van der Waals surface area (Å²) in [5.41, 5.74) is 8.08. The third-order valence-corrected chi connectivity index (χ3v) is 6.50. The average molecular weight is 433 g/mol. The summed E-state index contributed by atoms with van der Waals surface area (Å²) in [6, 6.07) is 7.53. The van der Waals surface area contributed by atoms with Gasteiger partial charge in [-0.25, -0.2) is 15.0 Å². The van der Waals surface area contributed by atoms with Crippen molar-refractivity contribution in [3.05, 3.63) is 42.5 Å². The van der Waals surface area contributed by atoms with E-state index in [0.29, 0.717) is 31.2 Å². The van der Waals surface area contributed by atoms with Gasteiger partial charge in [0.1, 0.15) is 17.6 Å². The first-order chi connectivity index (χ1) is 14.5. The van der Waals surface area contributed by atoms with Crippen molar-refractivity contribution < 1.29 is 18.3 Å². The number of nitrogens with two attached hydrogens (primary N) is 1. The molecular weight excluding hydrogens is 405 g/mol. The highest BCUT2D eigenvalue weighted by atomic mass is 31.2. The van der Waals surface area contributed by atoms with Crippen LogP contribution in [0, 0.1) is 0 Å². The number of imidazole rings is 1. The summed E-state index contributed by atoms with van der Waals surface area (Å²) in [6.45, 7) is 5.70. The Balaban J connectivity index is 1.44. The van der Waals surface area contributed by atoms with E-state index in [4.69, 9.17) is 19.5 Å². The number of hydrogen-bond donors (Lipinski definition) is 1. The second kappa shape index (κ2) is 10.5. The van der Waals surface area contributed by atoms with E-state index in [2.05, 4.69) is 15.0 Å². The molecule has 9 nitrogen and oxygen atoms in total. The normalized spacial score (nSPS) is 11.8. The SMILES string of the molecule is CCOP(=O)(Cc1ccc(OCCCCn2cnc3c(N)ncnc32)cc1)OCC. The summed E-state index contributed by atoms with van der Waals surface area (Å²) in [5, 5.41) is 0. The number of nitrogen functional groups attached to an aromatic ring is 1. The third kappa shape index (κ3) is 5.78. The quantitative estimate of drug-likeness (QED) is 0.336. The number of rotatable bonds is 12. The van der Waals surface area contributed by atoms with E-state index in [9.17, 15) is 4.57 Å². The first-order valence-electron chi connectivity index (χ1n) is 10.1. The van der Waals surface area contributed by atoms with Crippen LogP contribution in [0.25, 0.3) is 11.2 Å². The van der Waals surface area contributed by atoms with Crippen LogP contribution in [0.3, 0.4) is 0 Å². The molecule has 10 heteroatoms. The van der Waals surface area contributed by atoms with Crippen molar-refractivity contribution >= 4 is 24.6 Å². The highest BCUT2D eigenvalue weighted by Crippen LogP contribution is 2.51. The van der Waals surface area contributed by atoms with E-state index < -0.39 is 7.60 Å². The van der Waals surface area contributed by atoms with Gasteiger partial charge in [-0.05, 0) is 44.4 Å². The molecule has 3 aromatic rings. The topological polar surface area (TPSA) is 114 Å². The van der Waals surface area contributed by atoms with Gasteiger partial charge in [-0.1, -0.05) is 12.1 Å². The number of unbranched alkanes of at least 4 members (excludes halogenated alkanes) is 1. The number of aryl methyl sites for hydroxylation is 1. The van der Waals surface area contributed by atoms with Crippen LogP contribution >= 0.6 is 7.60 Å². The number of ether oxygens (including phenoxy) is 1. The van der Waals surface area contributed by atoms with Crippen molar-refractivity contribution in [3.63, 3.8) is 0 Å². The molecule has 0 aliphatic carbocycles. The number of hydrogen-bond acceptors (Lipinski definition) is 8. The number of aromatic nitrogens is 4. The Morgan fingerprint density at radius 1 is 1.03 bits per heavy atom. The maximum atomic E-state index is 12.6. The summed E-state index contributed by atoms with van der Waals surface area (Å²) in [6.07, 6.45) is 5.23. The van der Waals surface area contributed by atoms with Crippen molar-refractivity contribution in [2.75, 3.05) is 25.6 Å². The zero-order chi connectivity index (χ0) is 21.4. The fourth-order valence-corrected chi connectivity index (χ4v) is 4.78. The van der Waals surface area contributed by atoms with Crippen LogP contribution < -0.4 is 10.5 Å². The standard InChI is InChI=1S/C20H28N5O4P/c1-3-28-30(26,29-4-2)13-16-7-9-17(10-8-16)27-12-6-5-11-25-15-24-18-19(21)22-14-23-20(18)25/h7-10,14-15H,3-6,11-13H2,1-2H3,(H2,21,22,23). The largest absolute Gasteiger partial charge is 0.494 e. The smallest absolute Gasteiger partial charge is 0.335 e. The molecule has 0 radical (unpaired) electrons. The lowest BCUT2D eigenvalue weighted by molar-refractivity contribution is 0.219. The van der Waals surface area contributed by atoms with Crippen molar-refractivity contribution in [3.8, 4) is 5.75 Å². The molecule has 162 valence electrons. The maximum Gasteiger partial charge on any atom is 0.335 e. The fourth-order valence-electron chi connectivity index (χ4n) is 3.07. The molecule has 2 aromatic heterocycles. The van der Waals surface area contributed by atoms with Crippen LogP contribution in [0.4, 0.5) is 5.82 Å². The van der Waals surface area contributed by atoms with Gasteiger partial charge >= 0.3 is 7.60 Å². The zero-order valence-electron chi connectivity index (χ0n) is 17.4. The Morgan fingerprint density at radius 3 is 2.47 bits per heavy atom. The molecule has 0 saturated carbocycles. The monoisotopic (exact) mass is 433 g/mol. The second-order valence-electron chi connectivity index (χ2n) is 6.67. The number of benzene rings is 1. The molecular formula is C20H28N5O4P. The molecule has 0 saturated heterocycles. The van der Waals surface area contributed by atoms with Crippen molar-refractivity contribution in [1.29, 1.82) is 0 Å². The summed E-state index contributed by atoms with van der Waals surface area (Å²) in [7, 11) is -3.10. The van der Waals surface area contributed by atoms with E-state index >= 15 is 0 Å². The molecule has 0 atom stereocenters. The molecule has 3 rings (SSSR count). The Morgan fingerprint density at radius 2 is 1.77 bits per heavy atom. The number of fused-ring (bicyclic) bond motifs is 1. The van der Waals surface area contributed by atoms with Gasteiger partial charge in [-0.15, -0.1) is 0 Å². The second-order valence-corrected chi connectivity index (χ2v) is 8.73. The molecule has 2 N–H and O–H groups in total. The van der Waals surface area contributed by atoms with E-state index in [1.54, 1.807) is 20.2 Å². The highest BCUT2D eigenvalue weighted by Gasteiger charge is 2.23. The first-order valence-corrected chi connectivity index (χ1v) is 11.8. The van der Waals surface area contributed by atoms with Crippen LogP contribution in [0.1, 0.15) is 32.3 Å². The van der Waals surface area contributed by atoms with E-state index in [1.165, 1.54) is 6.33 Å². The highest BCUT2D eigenvalue weighted by molar-refractivity contribution is 7.53. The molecule has 1 aromatic carbocycles. The summed E-state index contributed by atoms with van der Waals surface area (Å²) in [5.74, 6) is 1.17. The molecule has 2 heterocycles. The van der Waals surface area contributed by atoms with Crippen molar-refractivity contribution in [2.45, 2.75) is 39.4 Å². The molecule has 0 aliphatic rings. The van der Waals surface area contributed by atoms with E-state index in [0.717, 1.165) is 36.3 Å². The number of nitrogens with zero attached hydrogens (tertiary/aromatic N) is 4. The van der Waals surface area contributed by atoms with Crippen molar-refractivity contribution in [1.82, 2.24) is 19.5 Å². The average Bonchev–Trinajstić information content (AvgIpc) is 3.14. The van der Waals surface area contributed by atoms with E-state index in [1.807, 2.05) is 28.8 Å². The van der Waals surface area contributed by atoms with Crippen LogP contribution in [-0.2, 0) is 26.3 Å². The molecule has 0 bridgehead atoms. The molecule has 0 amide bonds. The predicted octanol–water partition coefficient (Wildman–Crippen LogP) is 4.03. The lowest BCUT2D eigenvalue weighted by Gasteiger charge is -2.17. The minimum Gasteiger partial charge on any atom is -0.494 e. The van der Waals surface area contributed by atoms with Gasteiger partial charge in [-0.2, -0.15) is 0 Å². The molecule has 0 unspecified atom stereocenters. The summed E-state index contributed by atoms with van der Waals surface area (Å²) >= 11 is 0. The van der Waals surface area contributed by atoms with Crippen LogP contribution in [-0.4, -0.2) is 39.3 Å². The lowest BCUT2D eigenvalue weighted by atomic mass is 10.2. The summed E-state index contributed by atoms with van der Waals surface area (Å²) in [4.78, 5) is 12.5. The Labute approximate surface area is 176 Å². The molecule has 0 spiro atoms. The molecule has 0 aliphatic heterocycles. The van der Waals surface area contributed by atoms with E-state index in [-0.39, 0.29) is 6.16 Å². The van der Waals surface area contributed by atoms with Crippen LogP contribution in [0.2, 0.25) is 0 Å². The fraction of sp³-hybridized carbons (Fsp3) is 0.450. The van der Waals surface area contributed by atoms with Crippen LogP contribution in [0.5, 0.6) is 5.75 Å². The zero-order valence-corrected chi connectivity index (χ0v) is 18.3. The van der Waals surface area contributed by atoms with Gasteiger partial charge in [0.25, 0.3) is 0 Å². The maximum absolute atomic E-state index is 12.6. The Hall–Kier alpha value is -2.48. The van der Waals surface area contributed by atoms with Gasteiger partial charge in [0.05, 0.1) is 32.3 Å². The minimum atomic E-state index is -3.10. The minimum absolute atomic E-state index is 0.252. The molecule has 30 heavy (non-hydrogen) atoms. The predicted molar refractivity (Wildman–Crippen MR) is 115 cm³/mol. The Bertz CT molecular complexity index is 983. The first kappa shape index (κ1) is 22.2. The number of anilines is 1. The molecule has 0 fully saturated rings. The van der Waals surface area contributed by atoms with Crippen molar-refractivity contribution in [2.24, 2.45) is 0 Å². The van der Waals surface area contributed by atoms with Gasteiger partial charge in [0.15, 0.2) is 11.5 Å².